The molecule has 0 amide bonds. The molecule has 0 atom stereocenters. The standard InChI is InChI=1S/C42H29N3Si/c43-30-34-29-32(26-27-44-34)31-14-13-15-33(28-31)37-20-7-8-21-38(37)45-39-22-9-11-24-41(39)46(35-16-3-1-4-17-35,36-18-5-2-6-19-36)42-25-12-10-23-40(42)45/h1-29H. The summed E-state index contributed by atoms with van der Waals surface area (Å²) in [5, 5.41) is 14.9. The zero-order valence-electron chi connectivity index (χ0n) is 25.1. The number of para-hydroxylation sites is 3. The molecule has 0 bridgehead atoms. The minimum Gasteiger partial charge on any atom is -0.310 e. The van der Waals surface area contributed by atoms with E-state index in [1.54, 1.807) is 6.20 Å². The summed E-state index contributed by atoms with van der Waals surface area (Å²) >= 11 is 0. The molecule has 1 aliphatic heterocycles. The number of anilines is 3. The average molecular weight is 604 g/mol. The van der Waals surface area contributed by atoms with Crippen LogP contribution in [-0.4, -0.2) is 13.1 Å². The van der Waals surface area contributed by atoms with Crippen LogP contribution < -0.4 is 25.6 Å². The minimum atomic E-state index is -2.68. The Balaban J connectivity index is 1.38. The van der Waals surface area contributed by atoms with Crippen molar-refractivity contribution < 1.29 is 0 Å². The van der Waals surface area contributed by atoms with E-state index < -0.39 is 8.07 Å². The number of nitrogens with zero attached hydrogens (tertiary/aromatic N) is 3. The molecule has 46 heavy (non-hydrogen) atoms. The molecule has 3 nitrogen and oxygen atoms in total. The molecule has 0 spiro atoms. The van der Waals surface area contributed by atoms with Crippen LogP contribution in [0.5, 0.6) is 0 Å². The van der Waals surface area contributed by atoms with Crippen LogP contribution in [0.2, 0.25) is 0 Å². The van der Waals surface area contributed by atoms with E-state index in [0.717, 1.165) is 27.9 Å². The third-order valence-electron chi connectivity index (χ3n) is 9.04. The topological polar surface area (TPSA) is 39.9 Å². The second-order valence-corrected chi connectivity index (χ2v) is 15.2. The molecule has 0 saturated carbocycles. The van der Waals surface area contributed by atoms with Crippen LogP contribution >= 0.6 is 0 Å². The van der Waals surface area contributed by atoms with Gasteiger partial charge in [0.25, 0.3) is 0 Å². The van der Waals surface area contributed by atoms with E-state index in [2.05, 4.69) is 174 Å². The Kier molecular flexibility index (Phi) is 6.87. The van der Waals surface area contributed by atoms with E-state index >= 15 is 0 Å². The van der Waals surface area contributed by atoms with Crippen LogP contribution in [0.4, 0.5) is 17.1 Å². The number of benzene rings is 6. The summed E-state index contributed by atoms with van der Waals surface area (Å²) in [6.45, 7) is 0. The van der Waals surface area contributed by atoms with Gasteiger partial charge in [0.05, 0.1) is 5.69 Å². The summed E-state index contributed by atoms with van der Waals surface area (Å²) in [5.74, 6) is 0. The Morgan fingerprint density at radius 3 is 1.63 bits per heavy atom. The van der Waals surface area contributed by atoms with Crippen molar-refractivity contribution in [1.82, 2.24) is 4.98 Å². The fraction of sp³-hybridized carbons (Fsp3) is 0. The van der Waals surface area contributed by atoms with Crippen LogP contribution in [0.3, 0.4) is 0 Å². The molecule has 6 aromatic carbocycles. The summed E-state index contributed by atoms with van der Waals surface area (Å²) in [6, 6.07) is 63.4. The summed E-state index contributed by atoms with van der Waals surface area (Å²) in [4.78, 5) is 6.64. The summed E-state index contributed by atoms with van der Waals surface area (Å²) in [5.41, 5.74) is 8.21. The number of hydrogen-bond donors (Lipinski definition) is 0. The highest BCUT2D eigenvalue weighted by atomic mass is 28.3. The minimum absolute atomic E-state index is 0.411. The molecule has 1 aliphatic rings. The third-order valence-corrected chi connectivity index (χ3v) is 13.9. The molecule has 0 fully saturated rings. The zero-order valence-corrected chi connectivity index (χ0v) is 26.1. The first kappa shape index (κ1) is 27.5. The molecular weight excluding hydrogens is 575 g/mol. The van der Waals surface area contributed by atoms with Gasteiger partial charge in [0.15, 0.2) is 8.07 Å². The van der Waals surface area contributed by atoms with Gasteiger partial charge in [0.2, 0.25) is 0 Å². The van der Waals surface area contributed by atoms with Crippen molar-refractivity contribution >= 4 is 45.9 Å². The lowest BCUT2D eigenvalue weighted by atomic mass is 9.97. The van der Waals surface area contributed by atoms with Gasteiger partial charge in [-0.2, -0.15) is 5.26 Å². The van der Waals surface area contributed by atoms with Crippen molar-refractivity contribution in [2.75, 3.05) is 4.90 Å². The van der Waals surface area contributed by atoms with Gasteiger partial charge in [0, 0.05) is 23.1 Å². The molecule has 1 aromatic heterocycles. The second kappa shape index (κ2) is 11.5. The van der Waals surface area contributed by atoms with Crippen molar-refractivity contribution in [3.63, 3.8) is 0 Å². The molecule has 0 N–H and O–H groups in total. The normalized spacial score (nSPS) is 12.9. The fourth-order valence-corrected chi connectivity index (χ4v) is 12.2. The summed E-state index contributed by atoms with van der Waals surface area (Å²) < 4.78 is 0. The lowest BCUT2D eigenvalue weighted by molar-refractivity contribution is 1.26. The SMILES string of the molecule is N#Cc1cc(-c2cccc(-c3ccccc3N3c4ccccc4[Si](c4ccccc4)(c4ccccc4)c4ccccc43)c2)ccn1. The van der Waals surface area contributed by atoms with Crippen molar-refractivity contribution in [3.8, 4) is 28.3 Å². The summed E-state index contributed by atoms with van der Waals surface area (Å²) in [7, 11) is -2.68. The van der Waals surface area contributed by atoms with Gasteiger partial charge in [-0.25, -0.2) is 4.98 Å². The lowest BCUT2D eigenvalue weighted by Gasteiger charge is -2.45. The Morgan fingerprint density at radius 1 is 0.478 bits per heavy atom. The summed E-state index contributed by atoms with van der Waals surface area (Å²) in [6.07, 6.45) is 1.70. The number of aromatic nitrogens is 1. The van der Waals surface area contributed by atoms with Gasteiger partial charge in [-0.1, -0.05) is 133 Å². The van der Waals surface area contributed by atoms with E-state index in [4.69, 9.17) is 0 Å². The highest BCUT2D eigenvalue weighted by Gasteiger charge is 2.48. The van der Waals surface area contributed by atoms with Crippen molar-refractivity contribution in [2.45, 2.75) is 0 Å². The van der Waals surface area contributed by atoms with Crippen molar-refractivity contribution in [2.24, 2.45) is 0 Å². The van der Waals surface area contributed by atoms with E-state index in [9.17, 15) is 5.26 Å². The highest BCUT2D eigenvalue weighted by Crippen LogP contribution is 2.43. The second-order valence-electron chi connectivity index (χ2n) is 11.5. The molecule has 4 heteroatoms. The largest absolute Gasteiger partial charge is 0.310 e. The van der Waals surface area contributed by atoms with Gasteiger partial charge in [-0.15, -0.1) is 0 Å². The number of fused-ring (bicyclic) bond motifs is 2. The number of rotatable bonds is 5. The smallest absolute Gasteiger partial charge is 0.184 e. The fourth-order valence-electron chi connectivity index (χ4n) is 7.12. The van der Waals surface area contributed by atoms with Gasteiger partial charge < -0.3 is 4.90 Å². The van der Waals surface area contributed by atoms with Crippen LogP contribution in [0.15, 0.2) is 176 Å². The van der Waals surface area contributed by atoms with Gasteiger partial charge >= 0.3 is 0 Å². The molecule has 0 radical (unpaired) electrons. The number of pyridine rings is 1. The first-order valence-corrected chi connectivity index (χ1v) is 17.5. The van der Waals surface area contributed by atoms with Gasteiger partial charge in [-0.05, 0) is 73.8 Å². The van der Waals surface area contributed by atoms with Crippen LogP contribution in [0.1, 0.15) is 5.69 Å². The van der Waals surface area contributed by atoms with Crippen LogP contribution in [-0.2, 0) is 0 Å². The Labute approximate surface area is 270 Å². The van der Waals surface area contributed by atoms with E-state index in [-0.39, 0.29) is 0 Å². The lowest BCUT2D eigenvalue weighted by Crippen LogP contribution is -2.77. The Morgan fingerprint density at radius 2 is 1.00 bits per heavy atom. The molecule has 0 aliphatic carbocycles. The molecule has 7 aromatic rings. The number of hydrogen-bond acceptors (Lipinski definition) is 3. The molecule has 216 valence electrons. The Bertz CT molecular complexity index is 2150. The number of nitriles is 1. The quantitative estimate of drug-likeness (QED) is 0.192. The first-order valence-electron chi connectivity index (χ1n) is 15.5. The molecule has 8 rings (SSSR count). The third kappa shape index (κ3) is 4.37. The van der Waals surface area contributed by atoms with Gasteiger partial charge in [0.1, 0.15) is 11.8 Å². The molecular formula is C42H29N3Si. The monoisotopic (exact) mass is 603 g/mol. The average Bonchev–Trinajstić information content (AvgIpc) is 3.14. The first-order chi connectivity index (χ1) is 22.8. The van der Waals surface area contributed by atoms with Crippen molar-refractivity contribution in [3.05, 3.63) is 182 Å². The maximum atomic E-state index is 9.45. The van der Waals surface area contributed by atoms with Crippen LogP contribution in [0, 0.1) is 11.3 Å². The molecule has 0 unspecified atom stereocenters. The maximum absolute atomic E-state index is 9.45. The zero-order chi connectivity index (χ0) is 30.9. The van der Waals surface area contributed by atoms with Crippen LogP contribution in [0.25, 0.3) is 22.3 Å². The van der Waals surface area contributed by atoms with E-state index in [1.807, 2.05) is 12.1 Å². The van der Waals surface area contributed by atoms with Gasteiger partial charge in [-0.3, -0.25) is 0 Å². The van der Waals surface area contributed by atoms with E-state index in [1.165, 1.54) is 32.1 Å². The highest BCUT2D eigenvalue weighted by molar-refractivity contribution is 7.21. The predicted octanol–water partition coefficient (Wildman–Crippen LogP) is 7.45. The molecule has 0 saturated heterocycles. The maximum Gasteiger partial charge on any atom is 0.184 e. The Hall–Kier alpha value is -6.02. The predicted molar refractivity (Wildman–Crippen MR) is 192 cm³/mol. The van der Waals surface area contributed by atoms with E-state index in [0.29, 0.717) is 5.69 Å². The van der Waals surface area contributed by atoms with Crippen molar-refractivity contribution in [1.29, 1.82) is 5.26 Å². The molecule has 2 heterocycles.